The van der Waals surface area contributed by atoms with Gasteiger partial charge in [-0.3, -0.25) is 0 Å². The Hall–Kier alpha value is -0.790. The summed E-state index contributed by atoms with van der Waals surface area (Å²) >= 11 is 0. The van der Waals surface area contributed by atoms with Crippen LogP contribution in [0.25, 0.3) is 0 Å². The molecule has 68 valence electrons. The highest BCUT2D eigenvalue weighted by atomic mass is 16.6. The van der Waals surface area contributed by atoms with Crippen LogP contribution < -0.4 is 0 Å². The van der Waals surface area contributed by atoms with Gasteiger partial charge in [-0.05, 0) is 40.0 Å². The minimum atomic E-state index is -0.167. The zero-order valence-electron chi connectivity index (χ0n) is 8.02. The standard InChI is InChI=1S/C10H16O2/c1-4-8(2)9(11)12-10(3)6-5-7-10/h4H,5-7H2,1-3H3/b8-4-. The molecule has 0 spiro atoms. The molecule has 1 fully saturated rings. The van der Waals surface area contributed by atoms with E-state index in [0.717, 1.165) is 12.8 Å². The molecular weight excluding hydrogens is 152 g/mol. The summed E-state index contributed by atoms with van der Waals surface area (Å²) < 4.78 is 5.32. The number of carbonyl (C=O) groups excluding carboxylic acids is 1. The van der Waals surface area contributed by atoms with Crippen LogP contribution in [0.3, 0.4) is 0 Å². The summed E-state index contributed by atoms with van der Waals surface area (Å²) in [5.41, 5.74) is 0.532. The molecule has 1 rings (SSSR count). The van der Waals surface area contributed by atoms with Gasteiger partial charge in [-0.2, -0.15) is 0 Å². The second-order valence-corrected chi connectivity index (χ2v) is 3.66. The van der Waals surface area contributed by atoms with Crippen LogP contribution in [0.2, 0.25) is 0 Å². The van der Waals surface area contributed by atoms with E-state index in [4.69, 9.17) is 4.74 Å². The summed E-state index contributed by atoms with van der Waals surface area (Å²) in [6.45, 7) is 5.63. The van der Waals surface area contributed by atoms with Crippen molar-refractivity contribution >= 4 is 5.97 Å². The van der Waals surface area contributed by atoms with Gasteiger partial charge in [0.25, 0.3) is 0 Å². The molecule has 2 nitrogen and oxygen atoms in total. The van der Waals surface area contributed by atoms with Crippen molar-refractivity contribution in [2.24, 2.45) is 0 Å². The van der Waals surface area contributed by atoms with E-state index in [0.29, 0.717) is 5.57 Å². The molecule has 12 heavy (non-hydrogen) atoms. The monoisotopic (exact) mass is 168 g/mol. The van der Waals surface area contributed by atoms with Crippen LogP contribution in [0.4, 0.5) is 0 Å². The van der Waals surface area contributed by atoms with Crippen LogP contribution in [0.1, 0.15) is 40.0 Å². The molecule has 0 bridgehead atoms. The van der Waals surface area contributed by atoms with Crippen LogP contribution in [-0.4, -0.2) is 11.6 Å². The van der Waals surface area contributed by atoms with Gasteiger partial charge in [-0.1, -0.05) is 6.08 Å². The van der Waals surface area contributed by atoms with Gasteiger partial charge in [-0.15, -0.1) is 0 Å². The number of esters is 1. The lowest BCUT2D eigenvalue weighted by atomic mass is 9.82. The topological polar surface area (TPSA) is 26.3 Å². The molecule has 0 aromatic rings. The fraction of sp³-hybridized carbons (Fsp3) is 0.700. The third-order valence-corrected chi connectivity index (χ3v) is 2.51. The molecule has 0 radical (unpaired) electrons. The van der Waals surface area contributed by atoms with Gasteiger partial charge in [0.2, 0.25) is 0 Å². The molecule has 1 saturated carbocycles. The van der Waals surface area contributed by atoms with Crippen molar-refractivity contribution in [1.82, 2.24) is 0 Å². The number of ether oxygens (including phenoxy) is 1. The first-order valence-corrected chi connectivity index (χ1v) is 4.44. The summed E-state index contributed by atoms with van der Waals surface area (Å²) in [5.74, 6) is -0.167. The average Bonchev–Trinajstić information content (AvgIpc) is 2.00. The van der Waals surface area contributed by atoms with Gasteiger partial charge >= 0.3 is 5.97 Å². The molecule has 0 aliphatic heterocycles. The lowest BCUT2D eigenvalue weighted by Crippen LogP contribution is -2.38. The maximum absolute atomic E-state index is 11.3. The van der Waals surface area contributed by atoms with Gasteiger partial charge in [-0.25, -0.2) is 4.79 Å². The number of rotatable bonds is 2. The Morgan fingerprint density at radius 1 is 1.50 bits per heavy atom. The predicted molar refractivity (Wildman–Crippen MR) is 47.8 cm³/mol. The highest BCUT2D eigenvalue weighted by Crippen LogP contribution is 2.35. The molecule has 0 N–H and O–H groups in total. The average molecular weight is 168 g/mol. The Bertz CT molecular complexity index is 212. The summed E-state index contributed by atoms with van der Waals surface area (Å²) in [6.07, 6.45) is 4.98. The van der Waals surface area contributed by atoms with Crippen molar-refractivity contribution in [3.05, 3.63) is 11.6 Å². The predicted octanol–water partition coefficient (Wildman–Crippen LogP) is 2.44. The van der Waals surface area contributed by atoms with E-state index in [2.05, 4.69) is 0 Å². The van der Waals surface area contributed by atoms with Crippen LogP contribution in [-0.2, 0) is 9.53 Å². The van der Waals surface area contributed by atoms with Gasteiger partial charge < -0.3 is 4.74 Å². The normalized spacial score (nSPS) is 21.4. The number of hydrogen-bond donors (Lipinski definition) is 0. The number of allylic oxidation sites excluding steroid dienone is 1. The van der Waals surface area contributed by atoms with Crippen molar-refractivity contribution in [1.29, 1.82) is 0 Å². The first-order valence-electron chi connectivity index (χ1n) is 4.44. The molecule has 0 amide bonds. The van der Waals surface area contributed by atoms with Crippen molar-refractivity contribution in [2.45, 2.75) is 45.6 Å². The van der Waals surface area contributed by atoms with E-state index in [1.165, 1.54) is 6.42 Å². The first-order chi connectivity index (χ1) is 5.57. The van der Waals surface area contributed by atoms with Crippen molar-refractivity contribution in [3.8, 4) is 0 Å². The highest BCUT2D eigenvalue weighted by molar-refractivity contribution is 5.87. The summed E-state index contributed by atoms with van der Waals surface area (Å²) in [6, 6.07) is 0. The number of carbonyl (C=O) groups is 1. The van der Waals surface area contributed by atoms with Crippen LogP contribution in [0.5, 0.6) is 0 Å². The molecule has 0 saturated heterocycles. The second-order valence-electron chi connectivity index (χ2n) is 3.66. The minimum absolute atomic E-state index is 0.165. The molecule has 0 aromatic heterocycles. The Labute approximate surface area is 73.6 Å². The lowest BCUT2D eigenvalue weighted by Gasteiger charge is -2.37. The van der Waals surface area contributed by atoms with Gasteiger partial charge in [0.1, 0.15) is 5.60 Å². The van der Waals surface area contributed by atoms with Crippen LogP contribution in [0.15, 0.2) is 11.6 Å². The van der Waals surface area contributed by atoms with Gasteiger partial charge in [0.05, 0.1) is 0 Å². The molecule has 0 aromatic carbocycles. The molecule has 0 unspecified atom stereocenters. The molecule has 2 heteroatoms. The molecule has 0 atom stereocenters. The van der Waals surface area contributed by atoms with E-state index in [1.54, 1.807) is 13.0 Å². The minimum Gasteiger partial charge on any atom is -0.456 e. The fourth-order valence-electron chi connectivity index (χ4n) is 1.20. The van der Waals surface area contributed by atoms with E-state index < -0.39 is 0 Å². The Balaban J connectivity index is 2.46. The van der Waals surface area contributed by atoms with E-state index in [1.807, 2.05) is 13.8 Å². The van der Waals surface area contributed by atoms with Gasteiger partial charge in [0, 0.05) is 5.57 Å². The van der Waals surface area contributed by atoms with Gasteiger partial charge in [0.15, 0.2) is 0 Å². The third kappa shape index (κ3) is 1.87. The molecular formula is C10H16O2. The smallest absolute Gasteiger partial charge is 0.333 e. The SMILES string of the molecule is C/C=C(/C)C(=O)OC1(C)CCC1. The summed E-state index contributed by atoms with van der Waals surface area (Å²) in [7, 11) is 0. The Kier molecular flexibility index (Phi) is 2.55. The zero-order chi connectivity index (χ0) is 9.19. The second kappa shape index (κ2) is 3.30. The summed E-state index contributed by atoms with van der Waals surface area (Å²) in [4.78, 5) is 11.3. The van der Waals surface area contributed by atoms with E-state index in [-0.39, 0.29) is 11.6 Å². The van der Waals surface area contributed by atoms with Crippen LogP contribution >= 0.6 is 0 Å². The molecule has 1 aliphatic carbocycles. The third-order valence-electron chi connectivity index (χ3n) is 2.51. The largest absolute Gasteiger partial charge is 0.456 e. The van der Waals surface area contributed by atoms with Crippen molar-refractivity contribution in [2.75, 3.05) is 0 Å². The van der Waals surface area contributed by atoms with Crippen molar-refractivity contribution < 1.29 is 9.53 Å². The maximum atomic E-state index is 11.3. The van der Waals surface area contributed by atoms with Crippen molar-refractivity contribution in [3.63, 3.8) is 0 Å². The Morgan fingerprint density at radius 3 is 2.42 bits per heavy atom. The maximum Gasteiger partial charge on any atom is 0.333 e. The molecule has 0 heterocycles. The highest BCUT2D eigenvalue weighted by Gasteiger charge is 2.35. The number of hydrogen-bond acceptors (Lipinski definition) is 2. The Morgan fingerprint density at radius 2 is 2.08 bits per heavy atom. The van der Waals surface area contributed by atoms with Crippen LogP contribution in [0, 0.1) is 0 Å². The lowest BCUT2D eigenvalue weighted by molar-refractivity contribution is -0.161. The first kappa shape index (κ1) is 9.30. The quantitative estimate of drug-likeness (QED) is 0.467. The van der Waals surface area contributed by atoms with E-state index >= 15 is 0 Å². The van der Waals surface area contributed by atoms with E-state index in [9.17, 15) is 4.79 Å². The molecule has 1 aliphatic rings. The zero-order valence-corrected chi connectivity index (χ0v) is 8.02. The summed E-state index contributed by atoms with van der Waals surface area (Å²) in [5, 5.41) is 0. The fourth-order valence-corrected chi connectivity index (χ4v) is 1.20.